The molecule has 1 aliphatic heterocycles. The molecule has 3 rings (SSSR count). The molecular formula is C15H16FN3O. The Hall–Kier alpha value is -2.17. The van der Waals surface area contributed by atoms with Gasteiger partial charge in [0.1, 0.15) is 11.5 Å². The van der Waals surface area contributed by atoms with Crippen molar-refractivity contribution in [3.05, 3.63) is 53.6 Å². The van der Waals surface area contributed by atoms with Crippen LogP contribution < -0.4 is 0 Å². The van der Waals surface area contributed by atoms with Crippen LogP contribution in [0.1, 0.15) is 34.9 Å². The maximum atomic E-state index is 13.4. The fraction of sp³-hybridized carbons (Fsp3) is 0.333. The smallest absolute Gasteiger partial charge is 0.272 e. The summed E-state index contributed by atoms with van der Waals surface area (Å²) < 4.78 is 14.9. The number of carbonyl (C=O) groups excluding carboxylic acids is 1. The first-order valence-electron chi connectivity index (χ1n) is 6.71. The molecule has 0 aliphatic carbocycles. The Labute approximate surface area is 116 Å². The predicted molar refractivity (Wildman–Crippen MR) is 72.6 cm³/mol. The van der Waals surface area contributed by atoms with Gasteiger partial charge in [0.15, 0.2) is 0 Å². The average molecular weight is 273 g/mol. The minimum Gasteiger partial charge on any atom is -0.330 e. The van der Waals surface area contributed by atoms with Crippen LogP contribution in [0, 0.1) is 5.82 Å². The lowest BCUT2D eigenvalue weighted by Gasteiger charge is -2.25. The predicted octanol–water partition coefficient (Wildman–Crippen LogP) is 2.54. The van der Waals surface area contributed by atoms with Crippen molar-refractivity contribution in [3.8, 4) is 0 Å². The minimum absolute atomic E-state index is 0.0447. The summed E-state index contributed by atoms with van der Waals surface area (Å²) >= 11 is 0. The maximum Gasteiger partial charge on any atom is 0.272 e. The first-order chi connectivity index (χ1) is 9.66. The molecular weight excluding hydrogens is 257 g/mol. The summed E-state index contributed by atoms with van der Waals surface area (Å²) in [7, 11) is 1.75. The van der Waals surface area contributed by atoms with E-state index in [0.29, 0.717) is 12.2 Å². The lowest BCUT2D eigenvalue weighted by Crippen LogP contribution is -2.32. The Balaban J connectivity index is 1.90. The van der Waals surface area contributed by atoms with E-state index < -0.39 is 0 Å². The molecule has 2 aromatic rings. The van der Waals surface area contributed by atoms with Crippen LogP contribution in [0.2, 0.25) is 0 Å². The molecule has 0 N–H and O–H groups in total. The van der Waals surface area contributed by atoms with Gasteiger partial charge in [-0.15, -0.1) is 0 Å². The molecule has 1 aliphatic rings. The van der Waals surface area contributed by atoms with Gasteiger partial charge in [0.2, 0.25) is 0 Å². The van der Waals surface area contributed by atoms with E-state index >= 15 is 0 Å². The molecule has 4 nitrogen and oxygen atoms in total. The lowest BCUT2D eigenvalue weighted by atomic mass is 10.0. The van der Waals surface area contributed by atoms with Crippen LogP contribution in [-0.4, -0.2) is 27.1 Å². The molecule has 1 atom stereocenters. The fourth-order valence-electron chi connectivity index (χ4n) is 2.80. The zero-order chi connectivity index (χ0) is 14.1. The number of rotatable bonds is 2. The van der Waals surface area contributed by atoms with Crippen molar-refractivity contribution in [2.45, 2.75) is 18.9 Å². The third kappa shape index (κ3) is 2.19. The summed E-state index contributed by atoms with van der Waals surface area (Å²) in [6.07, 6.45) is 3.41. The van der Waals surface area contributed by atoms with Crippen molar-refractivity contribution >= 4 is 5.91 Å². The second-order valence-corrected chi connectivity index (χ2v) is 5.05. The standard InChI is InChI=1S/C15H16FN3O/c1-18-14(7-8-17-18)15(20)19-9-3-6-13(19)11-4-2-5-12(16)10-11/h2,4-5,7-8,10,13H,3,6,9H2,1H3/t13-/m0/s1. The molecule has 2 heterocycles. The Morgan fingerprint density at radius 3 is 2.95 bits per heavy atom. The fourth-order valence-corrected chi connectivity index (χ4v) is 2.80. The highest BCUT2D eigenvalue weighted by Crippen LogP contribution is 2.33. The zero-order valence-corrected chi connectivity index (χ0v) is 11.3. The zero-order valence-electron chi connectivity index (χ0n) is 11.3. The van der Waals surface area contributed by atoms with Gasteiger partial charge in [0.05, 0.1) is 6.04 Å². The van der Waals surface area contributed by atoms with Crippen molar-refractivity contribution in [1.29, 1.82) is 0 Å². The maximum absolute atomic E-state index is 13.4. The molecule has 1 aromatic heterocycles. The molecule has 0 spiro atoms. The van der Waals surface area contributed by atoms with Crippen LogP contribution >= 0.6 is 0 Å². The number of benzene rings is 1. The van der Waals surface area contributed by atoms with Crippen molar-refractivity contribution in [3.63, 3.8) is 0 Å². The number of nitrogens with zero attached hydrogens (tertiary/aromatic N) is 3. The second kappa shape index (κ2) is 5.07. The Kier molecular flexibility index (Phi) is 3.26. The van der Waals surface area contributed by atoms with Crippen LogP contribution in [0.15, 0.2) is 36.5 Å². The molecule has 1 aromatic carbocycles. The highest BCUT2D eigenvalue weighted by Gasteiger charge is 2.31. The number of amides is 1. The second-order valence-electron chi connectivity index (χ2n) is 5.05. The summed E-state index contributed by atoms with van der Waals surface area (Å²) in [6, 6.07) is 8.17. The Bertz CT molecular complexity index is 638. The SMILES string of the molecule is Cn1nccc1C(=O)N1CCC[C@H]1c1cccc(F)c1. The van der Waals surface area contributed by atoms with Crippen molar-refractivity contribution in [2.24, 2.45) is 7.05 Å². The molecule has 0 saturated carbocycles. The molecule has 0 unspecified atom stereocenters. The van der Waals surface area contributed by atoms with Gasteiger partial charge in [-0.2, -0.15) is 5.10 Å². The molecule has 1 amide bonds. The Morgan fingerprint density at radius 1 is 1.40 bits per heavy atom. The van der Waals surface area contributed by atoms with Crippen LogP contribution in [-0.2, 0) is 7.05 Å². The molecule has 104 valence electrons. The van der Waals surface area contributed by atoms with E-state index in [1.807, 2.05) is 11.0 Å². The summed E-state index contributed by atoms with van der Waals surface area (Å²) in [5, 5.41) is 4.03. The lowest BCUT2D eigenvalue weighted by molar-refractivity contribution is 0.0724. The molecule has 1 saturated heterocycles. The normalized spacial score (nSPS) is 18.5. The topological polar surface area (TPSA) is 38.1 Å². The first kappa shape index (κ1) is 12.8. The molecule has 5 heteroatoms. The number of aromatic nitrogens is 2. The van der Waals surface area contributed by atoms with E-state index in [1.54, 1.807) is 30.1 Å². The summed E-state index contributed by atoms with van der Waals surface area (Å²) in [5.41, 5.74) is 1.42. The van der Waals surface area contributed by atoms with E-state index in [1.165, 1.54) is 12.1 Å². The van der Waals surface area contributed by atoms with E-state index in [4.69, 9.17) is 0 Å². The largest absolute Gasteiger partial charge is 0.330 e. The molecule has 0 radical (unpaired) electrons. The molecule has 0 bridgehead atoms. The number of carbonyl (C=O) groups is 1. The van der Waals surface area contributed by atoms with Crippen LogP contribution in [0.25, 0.3) is 0 Å². The van der Waals surface area contributed by atoms with Gasteiger partial charge in [0, 0.05) is 19.8 Å². The van der Waals surface area contributed by atoms with E-state index in [2.05, 4.69) is 5.10 Å². The number of halogens is 1. The average Bonchev–Trinajstić information content (AvgIpc) is 3.06. The number of hydrogen-bond donors (Lipinski definition) is 0. The van der Waals surface area contributed by atoms with Crippen LogP contribution in [0.5, 0.6) is 0 Å². The van der Waals surface area contributed by atoms with E-state index in [-0.39, 0.29) is 17.8 Å². The minimum atomic E-state index is -0.262. The van der Waals surface area contributed by atoms with Gasteiger partial charge in [-0.05, 0) is 36.6 Å². The van der Waals surface area contributed by atoms with Gasteiger partial charge >= 0.3 is 0 Å². The molecule has 1 fully saturated rings. The van der Waals surface area contributed by atoms with Gasteiger partial charge in [0.25, 0.3) is 5.91 Å². The van der Waals surface area contributed by atoms with Gasteiger partial charge in [-0.25, -0.2) is 4.39 Å². The van der Waals surface area contributed by atoms with E-state index in [0.717, 1.165) is 18.4 Å². The van der Waals surface area contributed by atoms with Crippen molar-refractivity contribution in [2.75, 3.05) is 6.54 Å². The van der Waals surface area contributed by atoms with Crippen molar-refractivity contribution < 1.29 is 9.18 Å². The van der Waals surface area contributed by atoms with Crippen molar-refractivity contribution in [1.82, 2.24) is 14.7 Å². The number of likely N-dealkylation sites (tertiary alicyclic amines) is 1. The number of hydrogen-bond acceptors (Lipinski definition) is 2. The quantitative estimate of drug-likeness (QED) is 0.843. The summed E-state index contributed by atoms with van der Waals surface area (Å²) in [4.78, 5) is 14.4. The Morgan fingerprint density at radius 2 is 2.25 bits per heavy atom. The van der Waals surface area contributed by atoms with Gasteiger partial charge in [-0.3, -0.25) is 9.48 Å². The van der Waals surface area contributed by atoms with Gasteiger partial charge in [-0.1, -0.05) is 12.1 Å². The van der Waals surface area contributed by atoms with Crippen LogP contribution in [0.4, 0.5) is 4.39 Å². The summed E-state index contributed by atoms with van der Waals surface area (Å²) in [6.45, 7) is 0.700. The first-order valence-corrected chi connectivity index (χ1v) is 6.71. The highest BCUT2D eigenvalue weighted by atomic mass is 19.1. The summed E-state index contributed by atoms with van der Waals surface area (Å²) in [5.74, 6) is -0.306. The van der Waals surface area contributed by atoms with E-state index in [9.17, 15) is 9.18 Å². The number of aryl methyl sites for hydroxylation is 1. The highest BCUT2D eigenvalue weighted by molar-refractivity contribution is 5.93. The van der Waals surface area contributed by atoms with Crippen LogP contribution in [0.3, 0.4) is 0 Å². The van der Waals surface area contributed by atoms with Gasteiger partial charge < -0.3 is 4.90 Å². The third-order valence-electron chi connectivity index (χ3n) is 3.79. The monoisotopic (exact) mass is 273 g/mol. The third-order valence-corrected chi connectivity index (χ3v) is 3.79. The molecule has 20 heavy (non-hydrogen) atoms.